The van der Waals surface area contributed by atoms with Crippen molar-refractivity contribution in [2.75, 3.05) is 18.0 Å². The van der Waals surface area contributed by atoms with E-state index in [9.17, 15) is 8.78 Å². The predicted molar refractivity (Wildman–Crippen MR) is 77.5 cm³/mol. The molecule has 2 aromatic carbocycles. The summed E-state index contributed by atoms with van der Waals surface area (Å²) in [7, 11) is 0. The molecule has 4 heteroatoms. The van der Waals surface area contributed by atoms with Gasteiger partial charge in [0, 0.05) is 13.1 Å². The van der Waals surface area contributed by atoms with Crippen LogP contribution in [0, 0.1) is 11.6 Å². The first-order valence-electron chi connectivity index (χ1n) is 6.64. The van der Waals surface area contributed by atoms with Gasteiger partial charge in [-0.15, -0.1) is 0 Å². The van der Waals surface area contributed by atoms with Gasteiger partial charge in [0.2, 0.25) is 0 Å². The topological polar surface area (TPSA) is 29.3 Å². The first-order valence-corrected chi connectivity index (χ1v) is 6.64. The van der Waals surface area contributed by atoms with Gasteiger partial charge < -0.3 is 10.6 Å². The van der Waals surface area contributed by atoms with Crippen LogP contribution >= 0.6 is 0 Å². The molecule has 2 nitrogen and oxygen atoms in total. The summed E-state index contributed by atoms with van der Waals surface area (Å²) in [6.07, 6.45) is 0.754. The van der Waals surface area contributed by atoms with E-state index in [4.69, 9.17) is 5.73 Å². The average Bonchev–Trinajstić information content (AvgIpc) is 2.44. The number of halogens is 2. The number of rotatable bonds is 6. The molecule has 0 aliphatic heterocycles. The summed E-state index contributed by atoms with van der Waals surface area (Å²) in [5.41, 5.74) is 6.86. The molecule has 0 aliphatic rings. The predicted octanol–water partition coefficient (Wildman–Crippen LogP) is 3.32. The number of para-hydroxylation sites is 1. The molecular formula is C16H18F2N2. The zero-order valence-corrected chi connectivity index (χ0v) is 11.2. The second-order valence-electron chi connectivity index (χ2n) is 4.65. The van der Waals surface area contributed by atoms with Gasteiger partial charge in [-0.1, -0.05) is 24.3 Å². The lowest BCUT2D eigenvalue weighted by Crippen LogP contribution is -2.26. The van der Waals surface area contributed by atoms with E-state index in [0.29, 0.717) is 25.3 Å². The highest BCUT2D eigenvalue weighted by Gasteiger charge is 2.11. The van der Waals surface area contributed by atoms with Gasteiger partial charge in [-0.2, -0.15) is 0 Å². The number of hydrogen-bond acceptors (Lipinski definition) is 2. The number of nitrogens with zero attached hydrogens (tertiary/aromatic N) is 1. The first kappa shape index (κ1) is 14.5. The number of hydrogen-bond donors (Lipinski definition) is 1. The van der Waals surface area contributed by atoms with Gasteiger partial charge in [0.15, 0.2) is 0 Å². The maximum atomic E-state index is 13.9. The Labute approximate surface area is 117 Å². The monoisotopic (exact) mass is 276 g/mol. The molecule has 0 saturated heterocycles. The summed E-state index contributed by atoms with van der Waals surface area (Å²) in [5, 5.41) is 0. The van der Waals surface area contributed by atoms with Crippen LogP contribution in [0.4, 0.5) is 14.5 Å². The van der Waals surface area contributed by atoms with Crippen molar-refractivity contribution < 1.29 is 8.78 Å². The van der Waals surface area contributed by atoms with Crippen LogP contribution < -0.4 is 10.6 Å². The highest BCUT2D eigenvalue weighted by atomic mass is 19.1. The normalized spacial score (nSPS) is 10.6. The molecule has 106 valence electrons. The van der Waals surface area contributed by atoms with E-state index in [1.54, 1.807) is 24.3 Å². The summed E-state index contributed by atoms with van der Waals surface area (Å²) in [4.78, 5) is 1.89. The summed E-state index contributed by atoms with van der Waals surface area (Å²) in [6, 6.07) is 13.0. The highest BCUT2D eigenvalue weighted by molar-refractivity contribution is 5.48. The third-order valence-electron chi connectivity index (χ3n) is 3.09. The summed E-state index contributed by atoms with van der Waals surface area (Å²) >= 11 is 0. The smallest absolute Gasteiger partial charge is 0.146 e. The van der Waals surface area contributed by atoms with Gasteiger partial charge in [-0.05, 0) is 42.8 Å². The zero-order valence-electron chi connectivity index (χ0n) is 11.2. The van der Waals surface area contributed by atoms with Crippen molar-refractivity contribution in [1.29, 1.82) is 0 Å². The molecule has 0 spiro atoms. The molecule has 0 atom stereocenters. The molecule has 2 rings (SSSR count). The summed E-state index contributed by atoms with van der Waals surface area (Å²) < 4.78 is 27.1. The lowest BCUT2D eigenvalue weighted by Gasteiger charge is -2.25. The van der Waals surface area contributed by atoms with Crippen LogP contribution in [0.5, 0.6) is 0 Å². The molecular weight excluding hydrogens is 258 g/mol. The fourth-order valence-corrected chi connectivity index (χ4v) is 2.13. The van der Waals surface area contributed by atoms with Crippen LogP contribution in [0.25, 0.3) is 0 Å². The SMILES string of the molecule is NCCCN(Cc1cccc(F)c1)c1ccccc1F. The maximum Gasteiger partial charge on any atom is 0.146 e. The molecule has 0 bridgehead atoms. The molecule has 2 N–H and O–H groups in total. The van der Waals surface area contributed by atoms with Crippen LogP contribution in [0.15, 0.2) is 48.5 Å². The van der Waals surface area contributed by atoms with Crippen molar-refractivity contribution in [1.82, 2.24) is 0 Å². The molecule has 0 aliphatic carbocycles. The van der Waals surface area contributed by atoms with Gasteiger partial charge in [0.1, 0.15) is 11.6 Å². The van der Waals surface area contributed by atoms with Gasteiger partial charge in [0.25, 0.3) is 0 Å². The Kier molecular flexibility index (Phi) is 5.07. The third kappa shape index (κ3) is 3.78. The Hall–Kier alpha value is -1.94. The van der Waals surface area contributed by atoms with Crippen LogP contribution in [0.3, 0.4) is 0 Å². The fourth-order valence-electron chi connectivity index (χ4n) is 2.13. The molecule has 0 aromatic heterocycles. The van der Waals surface area contributed by atoms with E-state index in [2.05, 4.69) is 0 Å². The maximum absolute atomic E-state index is 13.9. The largest absolute Gasteiger partial charge is 0.365 e. The minimum absolute atomic E-state index is 0.277. The quantitative estimate of drug-likeness (QED) is 0.877. The molecule has 2 aromatic rings. The molecule has 0 amide bonds. The molecule has 0 fully saturated rings. The van der Waals surface area contributed by atoms with Gasteiger partial charge in [-0.25, -0.2) is 8.78 Å². The first-order chi connectivity index (χ1) is 9.70. The Morgan fingerprint density at radius 3 is 2.50 bits per heavy atom. The second kappa shape index (κ2) is 7.01. The Bertz CT molecular complexity index is 558. The lowest BCUT2D eigenvalue weighted by atomic mass is 10.1. The number of anilines is 1. The number of benzene rings is 2. The van der Waals surface area contributed by atoms with Crippen molar-refractivity contribution in [3.8, 4) is 0 Å². The van der Waals surface area contributed by atoms with Crippen molar-refractivity contribution >= 4 is 5.69 Å². The van der Waals surface area contributed by atoms with E-state index in [0.717, 1.165) is 12.0 Å². The van der Waals surface area contributed by atoms with Gasteiger partial charge in [0.05, 0.1) is 5.69 Å². The van der Waals surface area contributed by atoms with E-state index in [1.807, 2.05) is 11.0 Å². The summed E-state index contributed by atoms with van der Waals surface area (Å²) in [6.45, 7) is 1.63. The van der Waals surface area contributed by atoms with Gasteiger partial charge in [-0.3, -0.25) is 0 Å². The second-order valence-corrected chi connectivity index (χ2v) is 4.65. The van der Waals surface area contributed by atoms with E-state index >= 15 is 0 Å². The van der Waals surface area contributed by atoms with E-state index in [-0.39, 0.29) is 11.6 Å². The Morgan fingerprint density at radius 2 is 1.80 bits per heavy atom. The molecule has 0 heterocycles. The van der Waals surface area contributed by atoms with Crippen molar-refractivity contribution in [2.45, 2.75) is 13.0 Å². The Morgan fingerprint density at radius 1 is 1.00 bits per heavy atom. The van der Waals surface area contributed by atoms with Crippen molar-refractivity contribution in [3.63, 3.8) is 0 Å². The zero-order chi connectivity index (χ0) is 14.4. The van der Waals surface area contributed by atoms with Crippen molar-refractivity contribution in [3.05, 3.63) is 65.7 Å². The van der Waals surface area contributed by atoms with Crippen LogP contribution in [0.1, 0.15) is 12.0 Å². The van der Waals surface area contributed by atoms with Crippen LogP contribution in [0.2, 0.25) is 0 Å². The summed E-state index contributed by atoms with van der Waals surface area (Å²) in [5.74, 6) is -0.560. The van der Waals surface area contributed by atoms with Gasteiger partial charge >= 0.3 is 0 Å². The minimum Gasteiger partial charge on any atom is -0.365 e. The average molecular weight is 276 g/mol. The molecule has 0 saturated carbocycles. The minimum atomic E-state index is -0.283. The number of nitrogens with two attached hydrogens (primary N) is 1. The van der Waals surface area contributed by atoms with E-state index < -0.39 is 0 Å². The third-order valence-corrected chi connectivity index (χ3v) is 3.09. The van der Waals surface area contributed by atoms with Crippen molar-refractivity contribution in [2.24, 2.45) is 5.73 Å². The fraction of sp³-hybridized carbons (Fsp3) is 0.250. The lowest BCUT2D eigenvalue weighted by molar-refractivity contribution is 0.609. The highest BCUT2D eigenvalue weighted by Crippen LogP contribution is 2.21. The van der Waals surface area contributed by atoms with E-state index in [1.165, 1.54) is 18.2 Å². The molecule has 20 heavy (non-hydrogen) atoms. The Balaban J connectivity index is 2.22. The van der Waals surface area contributed by atoms with Crippen LogP contribution in [-0.4, -0.2) is 13.1 Å². The standard InChI is InChI=1S/C16H18F2N2/c17-14-6-3-5-13(11-14)12-20(10-4-9-19)16-8-2-1-7-15(16)18/h1-3,5-8,11H,4,9-10,12,19H2. The van der Waals surface area contributed by atoms with Crippen LogP contribution in [-0.2, 0) is 6.54 Å². The molecule has 0 unspecified atom stereocenters. The molecule has 0 radical (unpaired) electrons.